The molecule has 7 nitrogen and oxygen atoms in total. The number of rotatable bonds is 9. The molecule has 2 N–H and O–H groups in total. The number of benzene rings is 3. The molecule has 9 heteroatoms. The number of carbonyl (C=O) groups is 1. The van der Waals surface area contributed by atoms with Crippen LogP contribution in [0.2, 0.25) is 10.0 Å². The highest BCUT2D eigenvalue weighted by Gasteiger charge is 2.26. The maximum Gasteiger partial charge on any atom is 0.270 e. The SMILES string of the molecule is O=C(N[C@H](Cc1c[nH]c2ccccc12)c1nnc(Cc2ccccc2)n1Cc1ccc(Cl)c(Cl)c1)c1ccccn1. The van der Waals surface area contributed by atoms with E-state index in [-0.39, 0.29) is 5.91 Å². The summed E-state index contributed by atoms with van der Waals surface area (Å²) in [6, 6.07) is 28.6. The molecule has 0 bridgehead atoms. The average molecular weight is 582 g/mol. The lowest BCUT2D eigenvalue weighted by molar-refractivity contribution is 0.0929. The number of carbonyl (C=O) groups excluding carboxylic acids is 1. The van der Waals surface area contributed by atoms with Crippen molar-refractivity contribution in [1.82, 2.24) is 30.0 Å². The number of fused-ring (bicyclic) bond motifs is 1. The van der Waals surface area contributed by atoms with Gasteiger partial charge in [-0.1, -0.05) is 83.9 Å². The number of aromatic nitrogens is 5. The predicted octanol–water partition coefficient (Wildman–Crippen LogP) is 6.81. The smallest absolute Gasteiger partial charge is 0.270 e. The maximum absolute atomic E-state index is 13.4. The zero-order chi connectivity index (χ0) is 28.2. The normalized spacial score (nSPS) is 12.0. The van der Waals surface area contributed by atoms with Crippen LogP contribution in [-0.4, -0.2) is 30.6 Å². The van der Waals surface area contributed by atoms with E-state index in [0.717, 1.165) is 33.4 Å². The summed E-state index contributed by atoms with van der Waals surface area (Å²) in [5.41, 5.74) is 4.46. The number of nitrogens with zero attached hydrogens (tertiary/aromatic N) is 4. The topological polar surface area (TPSA) is 88.5 Å². The Bertz CT molecular complexity index is 1800. The van der Waals surface area contributed by atoms with Crippen LogP contribution >= 0.6 is 23.2 Å². The van der Waals surface area contributed by atoms with Crippen LogP contribution < -0.4 is 5.32 Å². The third-order valence-corrected chi connectivity index (χ3v) is 7.74. The van der Waals surface area contributed by atoms with Gasteiger partial charge in [-0.3, -0.25) is 9.78 Å². The molecule has 0 fully saturated rings. The van der Waals surface area contributed by atoms with E-state index in [1.54, 1.807) is 30.5 Å². The van der Waals surface area contributed by atoms with Gasteiger partial charge in [0.05, 0.1) is 22.6 Å². The molecule has 41 heavy (non-hydrogen) atoms. The van der Waals surface area contributed by atoms with E-state index in [4.69, 9.17) is 23.2 Å². The van der Waals surface area contributed by atoms with Crippen molar-refractivity contribution in [2.24, 2.45) is 0 Å². The number of amides is 1. The van der Waals surface area contributed by atoms with Gasteiger partial charge in [0, 0.05) is 36.1 Å². The molecule has 0 aliphatic carbocycles. The van der Waals surface area contributed by atoms with Crippen molar-refractivity contribution in [1.29, 1.82) is 0 Å². The number of hydrogen-bond acceptors (Lipinski definition) is 4. The van der Waals surface area contributed by atoms with Gasteiger partial charge in [-0.2, -0.15) is 0 Å². The second kappa shape index (κ2) is 12.0. The molecule has 0 aliphatic heterocycles. The van der Waals surface area contributed by atoms with E-state index in [9.17, 15) is 4.79 Å². The number of nitrogens with one attached hydrogen (secondary N) is 2. The summed E-state index contributed by atoms with van der Waals surface area (Å²) in [4.78, 5) is 21.0. The molecule has 3 heterocycles. The molecule has 3 aromatic carbocycles. The molecule has 1 atom stereocenters. The van der Waals surface area contributed by atoms with E-state index in [1.807, 2.05) is 54.7 Å². The van der Waals surface area contributed by atoms with E-state index in [1.165, 1.54) is 0 Å². The zero-order valence-electron chi connectivity index (χ0n) is 22.0. The summed E-state index contributed by atoms with van der Waals surface area (Å²) in [6.07, 6.45) is 4.65. The van der Waals surface area contributed by atoms with Gasteiger partial charge in [0.1, 0.15) is 11.5 Å². The summed E-state index contributed by atoms with van der Waals surface area (Å²) in [7, 11) is 0. The summed E-state index contributed by atoms with van der Waals surface area (Å²) in [5, 5.41) is 14.5. The molecular formula is C32H26Cl2N6O. The highest BCUT2D eigenvalue weighted by atomic mass is 35.5. The average Bonchev–Trinajstić information content (AvgIpc) is 3.59. The van der Waals surface area contributed by atoms with Crippen molar-refractivity contribution in [2.45, 2.75) is 25.4 Å². The number of aromatic amines is 1. The van der Waals surface area contributed by atoms with Gasteiger partial charge in [0.25, 0.3) is 5.91 Å². The lowest BCUT2D eigenvalue weighted by Gasteiger charge is -2.20. The Labute approximate surface area is 247 Å². The van der Waals surface area contributed by atoms with Crippen molar-refractivity contribution in [2.75, 3.05) is 0 Å². The first-order chi connectivity index (χ1) is 20.0. The van der Waals surface area contributed by atoms with E-state index >= 15 is 0 Å². The van der Waals surface area contributed by atoms with Crippen molar-refractivity contribution >= 4 is 40.0 Å². The van der Waals surface area contributed by atoms with Crippen molar-refractivity contribution in [3.63, 3.8) is 0 Å². The number of hydrogen-bond donors (Lipinski definition) is 2. The lowest BCUT2D eigenvalue weighted by Crippen LogP contribution is -2.33. The molecule has 0 saturated heterocycles. The van der Waals surface area contributed by atoms with Crippen LogP contribution in [-0.2, 0) is 19.4 Å². The highest BCUT2D eigenvalue weighted by Crippen LogP contribution is 2.27. The molecular weight excluding hydrogens is 555 g/mol. The van der Waals surface area contributed by atoms with Crippen LogP contribution in [0, 0.1) is 0 Å². The van der Waals surface area contributed by atoms with Crippen LogP contribution in [0.4, 0.5) is 0 Å². The van der Waals surface area contributed by atoms with Crippen LogP contribution in [0.3, 0.4) is 0 Å². The van der Waals surface area contributed by atoms with Crippen LogP contribution in [0.5, 0.6) is 0 Å². The molecule has 0 aliphatic rings. The number of para-hydroxylation sites is 1. The summed E-state index contributed by atoms with van der Waals surface area (Å²) in [5.74, 6) is 1.12. The number of halogens is 2. The zero-order valence-corrected chi connectivity index (χ0v) is 23.5. The maximum atomic E-state index is 13.4. The quantitative estimate of drug-likeness (QED) is 0.196. The molecule has 0 radical (unpaired) electrons. The second-order valence-corrected chi connectivity index (χ2v) is 10.6. The first-order valence-electron chi connectivity index (χ1n) is 13.2. The first kappa shape index (κ1) is 26.7. The molecule has 204 valence electrons. The molecule has 0 unspecified atom stereocenters. The lowest BCUT2D eigenvalue weighted by atomic mass is 10.0. The Morgan fingerprint density at radius 2 is 1.68 bits per heavy atom. The molecule has 0 saturated carbocycles. The minimum Gasteiger partial charge on any atom is -0.361 e. The summed E-state index contributed by atoms with van der Waals surface area (Å²) < 4.78 is 2.06. The molecule has 1 amide bonds. The predicted molar refractivity (Wildman–Crippen MR) is 161 cm³/mol. The molecule has 6 aromatic rings. The number of H-pyrrole nitrogens is 1. The molecule has 0 spiro atoms. The summed E-state index contributed by atoms with van der Waals surface area (Å²) in [6.45, 7) is 0.450. The van der Waals surface area contributed by atoms with Crippen molar-refractivity contribution in [3.05, 3.63) is 147 Å². The monoisotopic (exact) mass is 580 g/mol. The fourth-order valence-corrected chi connectivity index (χ4v) is 5.29. The fraction of sp³-hybridized carbons (Fsp3) is 0.125. The Morgan fingerprint density at radius 3 is 2.49 bits per heavy atom. The number of pyridine rings is 1. The van der Waals surface area contributed by atoms with Gasteiger partial charge in [0.15, 0.2) is 5.82 Å². The fourth-order valence-electron chi connectivity index (χ4n) is 4.97. The largest absolute Gasteiger partial charge is 0.361 e. The third-order valence-electron chi connectivity index (χ3n) is 7.00. The van der Waals surface area contributed by atoms with E-state index in [0.29, 0.717) is 40.9 Å². The summed E-state index contributed by atoms with van der Waals surface area (Å²) >= 11 is 12.6. The van der Waals surface area contributed by atoms with Crippen LogP contribution in [0.15, 0.2) is 103 Å². The van der Waals surface area contributed by atoms with Crippen molar-refractivity contribution in [3.8, 4) is 0 Å². The van der Waals surface area contributed by atoms with Gasteiger partial charge < -0.3 is 14.9 Å². The highest BCUT2D eigenvalue weighted by molar-refractivity contribution is 6.42. The molecule has 6 rings (SSSR count). The second-order valence-electron chi connectivity index (χ2n) is 9.78. The Kier molecular flexibility index (Phi) is 7.80. The minimum atomic E-state index is -0.497. The first-order valence-corrected chi connectivity index (χ1v) is 14.0. The molecule has 3 aromatic heterocycles. The Morgan fingerprint density at radius 1 is 0.878 bits per heavy atom. The third kappa shape index (κ3) is 6.01. The van der Waals surface area contributed by atoms with Gasteiger partial charge in [-0.05, 0) is 47.0 Å². The van der Waals surface area contributed by atoms with Crippen molar-refractivity contribution < 1.29 is 4.79 Å². The van der Waals surface area contributed by atoms with Gasteiger partial charge >= 0.3 is 0 Å². The van der Waals surface area contributed by atoms with Gasteiger partial charge in [-0.25, -0.2) is 0 Å². The van der Waals surface area contributed by atoms with E-state index < -0.39 is 6.04 Å². The Balaban J connectivity index is 1.43. The van der Waals surface area contributed by atoms with Crippen LogP contribution in [0.25, 0.3) is 10.9 Å². The van der Waals surface area contributed by atoms with Crippen LogP contribution in [0.1, 0.15) is 44.9 Å². The minimum absolute atomic E-state index is 0.288. The Hall–Kier alpha value is -4.46. The van der Waals surface area contributed by atoms with E-state index in [2.05, 4.69) is 48.2 Å². The standard InChI is InChI=1S/C32H26Cl2N6O/c33-25-14-13-22(16-26(25)34)20-40-30(17-21-8-2-1-3-9-21)38-39-31(40)29(37-32(41)28-12-6-7-15-35-28)18-23-19-36-27-11-5-4-10-24(23)27/h1-16,19,29,36H,17-18,20H2,(H,37,41)/t29-/m1/s1. The van der Waals surface area contributed by atoms with Gasteiger partial charge in [-0.15, -0.1) is 10.2 Å². The van der Waals surface area contributed by atoms with Gasteiger partial charge in [0.2, 0.25) is 0 Å².